The molecule has 0 saturated carbocycles. The molecule has 0 radical (unpaired) electrons. The van der Waals surface area contributed by atoms with Gasteiger partial charge in [-0.05, 0) is 13.3 Å². The van der Waals surface area contributed by atoms with Gasteiger partial charge in [-0.25, -0.2) is 0 Å². The fourth-order valence-corrected chi connectivity index (χ4v) is 2.78. The summed E-state index contributed by atoms with van der Waals surface area (Å²) in [4.78, 5) is 20.3. The van der Waals surface area contributed by atoms with E-state index in [9.17, 15) is 9.59 Å². The van der Waals surface area contributed by atoms with Gasteiger partial charge >= 0.3 is 5.97 Å². The average molecular weight is 389 g/mol. The molecule has 5 nitrogen and oxygen atoms in total. The molecule has 0 spiro atoms. The number of ketones is 1. The third kappa shape index (κ3) is 27.4. The summed E-state index contributed by atoms with van der Waals surface area (Å²) in [6.45, 7) is 3.02. The largest absolute Gasteiger partial charge is 0.481 e. The molecule has 0 rings (SSSR count). The van der Waals surface area contributed by atoms with Crippen LogP contribution in [0.4, 0.5) is 0 Å². The quantitative estimate of drug-likeness (QED) is 0.278. The van der Waals surface area contributed by atoms with Crippen LogP contribution in [-0.2, 0) is 9.59 Å². The highest BCUT2D eigenvalue weighted by Crippen LogP contribution is 2.13. The standard InChI is InChI=1S/C18H36O2.C4H8O3/c1-2-3-4-5-6-7-8-9-10-11-12-13-14-15-16-17-18(19)20;1-3(6)4(7)2-5/h2-17H2,1H3,(H,19,20);4-5,7H,2H2,1H3. The molecule has 0 aliphatic rings. The molecule has 5 heteroatoms. The number of carboxylic acid groups (broad SMARTS) is 1. The van der Waals surface area contributed by atoms with E-state index in [2.05, 4.69) is 6.92 Å². The summed E-state index contributed by atoms with van der Waals surface area (Å²) < 4.78 is 0. The van der Waals surface area contributed by atoms with Crippen molar-refractivity contribution in [2.75, 3.05) is 6.61 Å². The lowest BCUT2D eigenvalue weighted by Gasteiger charge is -2.03. The van der Waals surface area contributed by atoms with Gasteiger partial charge < -0.3 is 15.3 Å². The summed E-state index contributed by atoms with van der Waals surface area (Å²) in [6, 6.07) is 0. The van der Waals surface area contributed by atoms with Crippen LogP contribution in [0.2, 0.25) is 0 Å². The molecule has 0 amide bonds. The van der Waals surface area contributed by atoms with Gasteiger partial charge in [0.25, 0.3) is 0 Å². The predicted molar refractivity (Wildman–Crippen MR) is 111 cm³/mol. The average Bonchev–Trinajstić information content (AvgIpc) is 2.64. The van der Waals surface area contributed by atoms with Crippen LogP contribution >= 0.6 is 0 Å². The second kappa shape index (κ2) is 23.1. The van der Waals surface area contributed by atoms with Crippen molar-refractivity contribution in [3.05, 3.63) is 0 Å². The Morgan fingerprint density at radius 1 is 0.704 bits per heavy atom. The smallest absolute Gasteiger partial charge is 0.303 e. The highest BCUT2D eigenvalue weighted by molar-refractivity contribution is 5.80. The van der Waals surface area contributed by atoms with Crippen LogP contribution in [0.15, 0.2) is 0 Å². The fourth-order valence-electron chi connectivity index (χ4n) is 2.78. The third-order valence-corrected chi connectivity index (χ3v) is 4.64. The first-order valence-electron chi connectivity index (χ1n) is 11.0. The SMILES string of the molecule is CC(=O)C(O)CO.CCCCCCCCCCCCCCCCCC(=O)O. The maximum absolute atomic E-state index is 10.3. The summed E-state index contributed by atoms with van der Waals surface area (Å²) in [7, 11) is 0. The molecular formula is C22H44O5. The van der Waals surface area contributed by atoms with Gasteiger partial charge in [-0.3, -0.25) is 9.59 Å². The first kappa shape index (κ1) is 28.3. The molecule has 1 atom stereocenters. The maximum Gasteiger partial charge on any atom is 0.303 e. The van der Waals surface area contributed by atoms with Crippen LogP contribution in [0.3, 0.4) is 0 Å². The van der Waals surface area contributed by atoms with Gasteiger partial charge in [0.2, 0.25) is 0 Å². The van der Waals surface area contributed by atoms with Crippen molar-refractivity contribution in [1.29, 1.82) is 0 Å². The summed E-state index contributed by atoms with van der Waals surface area (Å²) >= 11 is 0. The molecule has 0 heterocycles. The second-order valence-electron chi connectivity index (χ2n) is 7.40. The molecule has 0 bridgehead atoms. The number of aliphatic hydroxyl groups is 2. The molecular weight excluding hydrogens is 344 g/mol. The van der Waals surface area contributed by atoms with Gasteiger partial charge in [0, 0.05) is 6.42 Å². The minimum absolute atomic E-state index is 0.345. The van der Waals surface area contributed by atoms with E-state index in [1.54, 1.807) is 0 Å². The number of hydrogen-bond donors (Lipinski definition) is 3. The number of carbonyl (C=O) groups excluding carboxylic acids is 1. The monoisotopic (exact) mass is 388 g/mol. The zero-order valence-electron chi connectivity index (χ0n) is 17.8. The summed E-state index contributed by atoms with van der Waals surface area (Å²) in [5.41, 5.74) is 0. The van der Waals surface area contributed by atoms with E-state index in [1.165, 1.54) is 90.4 Å². The van der Waals surface area contributed by atoms with Gasteiger partial charge in [0.05, 0.1) is 6.61 Å². The fraction of sp³-hybridized carbons (Fsp3) is 0.909. The molecule has 3 N–H and O–H groups in total. The Balaban J connectivity index is 0. The summed E-state index contributed by atoms with van der Waals surface area (Å²) in [5.74, 6) is -1.05. The van der Waals surface area contributed by atoms with Crippen LogP contribution in [-0.4, -0.2) is 39.8 Å². The van der Waals surface area contributed by atoms with Gasteiger partial charge in [0.1, 0.15) is 6.10 Å². The second-order valence-corrected chi connectivity index (χ2v) is 7.40. The molecule has 27 heavy (non-hydrogen) atoms. The number of aliphatic carboxylic acids is 1. The van der Waals surface area contributed by atoms with Crippen LogP contribution in [0.5, 0.6) is 0 Å². The van der Waals surface area contributed by atoms with Crippen LogP contribution < -0.4 is 0 Å². The Morgan fingerprint density at radius 2 is 1.04 bits per heavy atom. The van der Waals surface area contributed by atoms with Gasteiger partial charge in [-0.2, -0.15) is 0 Å². The Labute approximate surface area is 166 Å². The minimum atomic E-state index is -1.18. The Bertz CT molecular complexity index is 331. The van der Waals surface area contributed by atoms with E-state index in [1.807, 2.05) is 0 Å². The van der Waals surface area contributed by atoms with E-state index in [4.69, 9.17) is 15.3 Å². The molecule has 0 saturated heterocycles. The first-order valence-corrected chi connectivity index (χ1v) is 11.0. The van der Waals surface area contributed by atoms with Crippen molar-refractivity contribution in [1.82, 2.24) is 0 Å². The lowest BCUT2D eigenvalue weighted by molar-refractivity contribution is -0.137. The third-order valence-electron chi connectivity index (χ3n) is 4.64. The maximum atomic E-state index is 10.3. The highest BCUT2D eigenvalue weighted by Gasteiger charge is 2.04. The first-order chi connectivity index (χ1) is 13.0. The predicted octanol–water partition coefficient (Wildman–Crippen LogP) is 5.26. The molecule has 0 aromatic rings. The van der Waals surface area contributed by atoms with Crippen molar-refractivity contribution < 1.29 is 24.9 Å². The van der Waals surface area contributed by atoms with Gasteiger partial charge in [0.15, 0.2) is 5.78 Å². The minimum Gasteiger partial charge on any atom is -0.481 e. The zero-order chi connectivity index (χ0) is 20.8. The van der Waals surface area contributed by atoms with E-state index >= 15 is 0 Å². The summed E-state index contributed by atoms with van der Waals surface area (Å²) in [6.07, 6.45) is 19.0. The van der Waals surface area contributed by atoms with Crippen molar-refractivity contribution in [3.63, 3.8) is 0 Å². The molecule has 0 aromatic heterocycles. The highest BCUT2D eigenvalue weighted by atomic mass is 16.4. The molecule has 0 aromatic carbocycles. The molecule has 0 aliphatic heterocycles. The lowest BCUT2D eigenvalue weighted by atomic mass is 10.0. The van der Waals surface area contributed by atoms with Crippen molar-refractivity contribution in [3.8, 4) is 0 Å². The number of carboxylic acids is 1. The Hall–Kier alpha value is -0.940. The van der Waals surface area contributed by atoms with Gasteiger partial charge in [-0.1, -0.05) is 96.8 Å². The molecule has 162 valence electrons. The number of carbonyl (C=O) groups is 2. The van der Waals surface area contributed by atoms with Gasteiger partial charge in [-0.15, -0.1) is 0 Å². The van der Waals surface area contributed by atoms with E-state index in [0.717, 1.165) is 12.8 Å². The number of hydrogen-bond acceptors (Lipinski definition) is 4. The van der Waals surface area contributed by atoms with Crippen LogP contribution in [0, 0.1) is 0 Å². The molecule has 1 unspecified atom stereocenters. The Kier molecular flexibility index (Phi) is 24.2. The van der Waals surface area contributed by atoms with Crippen LogP contribution in [0.25, 0.3) is 0 Å². The number of unbranched alkanes of at least 4 members (excludes halogenated alkanes) is 14. The zero-order valence-corrected chi connectivity index (χ0v) is 17.8. The normalized spacial score (nSPS) is 11.6. The number of Topliss-reactive ketones (excluding diaryl/α,β-unsaturated/α-hetero) is 1. The van der Waals surface area contributed by atoms with Crippen molar-refractivity contribution >= 4 is 11.8 Å². The van der Waals surface area contributed by atoms with E-state index in [0.29, 0.717) is 6.42 Å². The van der Waals surface area contributed by atoms with E-state index < -0.39 is 24.5 Å². The Morgan fingerprint density at radius 3 is 1.26 bits per heavy atom. The van der Waals surface area contributed by atoms with Crippen LogP contribution in [0.1, 0.15) is 117 Å². The number of aliphatic hydroxyl groups excluding tert-OH is 2. The summed E-state index contributed by atoms with van der Waals surface area (Å²) in [5, 5.41) is 24.9. The van der Waals surface area contributed by atoms with Crippen molar-refractivity contribution in [2.24, 2.45) is 0 Å². The topological polar surface area (TPSA) is 94.8 Å². The van der Waals surface area contributed by atoms with Crippen molar-refractivity contribution in [2.45, 2.75) is 123 Å². The molecule has 0 fully saturated rings. The lowest BCUT2D eigenvalue weighted by Crippen LogP contribution is -2.20. The number of rotatable bonds is 18. The molecule has 0 aliphatic carbocycles. The van der Waals surface area contributed by atoms with E-state index in [-0.39, 0.29) is 0 Å².